The number of benzene rings is 1. The van der Waals surface area contributed by atoms with Crippen LogP contribution in [0.5, 0.6) is 0 Å². The van der Waals surface area contributed by atoms with E-state index in [0.29, 0.717) is 5.92 Å². The second-order valence-electron chi connectivity index (χ2n) is 4.40. The van der Waals surface area contributed by atoms with Crippen molar-refractivity contribution in [2.24, 2.45) is 5.92 Å². The Morgan fingerprint density at radius 3 is 2.53 bits per heavy atom. The molecule has 2 heteroatoms. The van der Waals surface area contributed by atoms with Crippen LogP contribution in [0.1, 0.15) is 11.3 Å². The molecule has 0 spiro atoms. The lowest BCUT2D eigenvalue weighted by atomic mass is 9.95. The van der Waals surface area contributed by atoms with E-state index < -0.39 is 0 Å². The quantitative estimate of drug-likeness (QED) is 0.824. The number of furan rings is 1. The molecule has 1 heterocycles. The summed E-state index contributed by atoms with van der Waals surface area (Å²) in [5, 5.41) is 3.26. The second-order valence-corrected chi connectivity index (χ2v) is 4.40. The lowest BCUT2D eigenvalue weighted by Crippen LogP contribution is -2.22. The number of hydrogen-bond acceptors (Lipinski definition) is 2. The summed E-state index contributed by atoms with van der Waals surface area (Å²) in [4.78, 5) is 0. The predicted octanol–water partition coefficient (Wildman–Crippen LogP) is 2.90. The van der Waals surface area contributed by atoms with Crippen molar-refractivity contribution in [2.75, 3.05) is 13.6 Å². The highest BCUT2D eigenvalue weighted by Crippen LogP contribution is 2.14. The molecule has 1 N–H and O–H groups in total. The van der Waals surface area contributed by atoms with Gasteiger partial charge in [-0.1, -0.05) is 30.3 Å². The first-order valence-corrected chi connectivity index (χ1v) is 6.09. The Morgan fingerprint density at radius 1 is 1.06 bits per heavy atom. The molecule has 1 atom stereocenters. The molecule has 1 aromatic heterocycles. The summed E-state index contributed by atoms with van der Waals surface area (Å²) in [6.07, 6.45) is 3.82. The molecule has 0 saturated heterocycles. The highest BCUT2D eigenvalue weighted by molar-refractivity contribution is 5.15. The molecule has 0 amide bonds. The van der Waals surface area contributed by atoms with Gasteiger partial charge in [0.15, 0.2) is 0 Å². The van der Waals surface area contributed by atoms with Crippen molar-refractivity contribution in [3.63, 3.8) is 0 Å². The van der Waals surface area contributed by atoms with Crippen LogP contribution in [0.4, 0.5) is 0 Å². The number of nitrogens with one attached hydrogen (secondary N) is 1. The molecule has 0 fully saturated rings. The molecule has 0 radical (unpaired) electrons. The van der Waals surface area contributed by atoms with E-state index >= 15 is 0 Å². The Balaban J connectivity index is 1.97. The van der Waals surface area contributed by atoms with Crippen molar-refractivity contribution < 1.29 is 4.42 Å². The van der Waals surface area contributed by atoms with Crippen molar-refractivity contribution in [1.29, 1.82) is 0 Å². The first-order chi connectivity index (χ1) is 8.38. The summed E-state index contributed by atoms with van der Waals surface area (Å²) in [6.45, 7) is 1.01. The summed E-state index contributed by atoms with van der Waals surface area (Å²) in [7, 11) is 2.00. The van der Waals surface area contributed by atoms with Gasteiger partial charge < -0.3 is 9.73 Å². The van der Waals surface area contributed by atoms with Crippen LogP contribution in [0.3, 0.4) is 0 Å². The average molecular weight is 229 g/mol. The molecular weight excluding hydrogens is 210 g/mol. The van der Waals surface area contributed by atoms with Crippen molar-refractivity contribution in [1.82, 2.24) is 5.32 Å². The number of hydrogen-bond donors (Lipinski definition) is 1. The highest BCUT2D eigenvalue weighted by Gasteiger charge is 2.11. The van der Waals surface area contributed by atoms with Gasteiger partial charge in [0, 0.05) is 6.42 Å². The fourth-order valence-corrected chi connectivity index (χ4v) is 2.17. The molecule has 2 rings (SSSR count). The molecular formula is C15H19NO. The van der Waals surface area contributed by atoms with Gasteiger partial charge in [-0.2, -0.15) is 0 Å². The minimum atomic E-state index is 0.577. The fourth-order valence-electron chi connectivity index (χ4n) is 2.17. The van der Waals surface area contributed by atoms with Crippen LogP contribution in [0.15, 0.2) is 53.1 Å². The molecule has 0 bridgehead atoms. The zero-order valence-corrected chi connectivity index (χ0v) is 10.2. The number of rotatable bonds is 6. The summed E-state index contributed by atoms with van der Waals surface area (Å²) in [6, 6.07) is 14.6. The maximum absolute atomic E-state index is 5.42. The first-order valence-electron chi connectivity index (χ1n) is 6.09. The Kier molecular flexibility index (Phi) is 4.39. The molecule has 1 aromatic carbocycles. The van der Waals surface area contributed by atoms with Gasteiger partial charge in [-0.15, -0.1) is 0 Å². The van der Waals surface area contributed by atoms with E-state index in [2.05, 4.69) is 35.6 Å². The molecule has 90 valence electrons. The lowest BCUT2D eigenvalue weighted by molar-refractivity contribution is 0.425. The Labute approximate surface area is 103 Å². The van der Waals surface area contributed by atoms with E-state index in [9.17, 15) is 0 Å². The zero-order chi connectivity index (χ0) is 11.9. The van der Waals surface area contributed by atoms with Gasteiger partial charge in [-0.05, 0) is 43.6 Å². The van der Waals surface area contributed by atoms with Gasteiger partial charge >= 0.3 is 0 Å². The molecule has 0 saturated carbocycles. The fraction of sp³-hybridized carbons (Fsp3) is 0.333. The third-order valence-electron chi connectivity index (χ3n) is 2.93. The first kappa shape index (κ1) is 11.9. The maximum atomic E-state index is 5.42. The second kappa shape index (κ2) is 6.26. The van der Waals surface area contributed by atoms with Crippen molar-refractivity contribution in [2.45, 2.75) is 12.8 Å². The Hall–Kier alpha value is -1.54. The van der Waals surface area contributed by atoms with Crippen LogP contribution in [-0.2, 0) is 12.8 Å². The van der Waals surface area contributed by atoms with Crippen LogP contribution >= 0.6 is 0 Å². The van der Waals surface area contributed by atoms with Crippen LogP contribution < -0.4 is 5.32 Å². The predicted molar refractivity (Wildman–Crippen MR) is 70.0 cm³/mol. The van der Waals surface area contributed by atoms with Crippen molar-refractivity contribution >= 4 is 0 Å². The van der Waals surface area contributed by atoms with Crippen molar-refractivity contribution in [3.05, 3.63) is 60.1 Å². The third-order valence-corrected chi connectivity index (χ3v) is 2.93. The minimum absolute atomic E-state index is 0.577. The van der Waals surface area contributed by atoms with E-state index in [0.717, 1.165) is 25.1 Å². The molecule has 2 nitrogen and oxygen atoms in total. The lowest BCUT2D eigenvalue weighted by Gasteiger charge is -2.15. The average Bonchev–Trinajstić information content (AvgIpc) is 2.83. The largest absolute Gasteiger partial charge is 0.469 e. The van der Waals surface area contributed by atoms with Crippen LogP contribution in [0, 0.1) is 5.92 Å². The Morgan fingerprint density at radius 2 is 1.88 bits per heavy atom. The monoisotopic (exact) mass is 229 g/mol. The highest BCUT2D eigenvalue weighted by atomic mass is 16.3. The molecule has 1 unspecified atom stereocenters. The van der Waals surface area contributed by atoms with Crippen molar-refractivity contribution in [3.8, 4) is 0 Å². The summed E-state index contributed by atoms with van der Waals surface area (Å²) in [5.41, 5.74) is 1.39. The van der Waals surface area contributed by atoms with Gasteiger partial charge in [-0.3, -0.25) is 0 Å². The third kappa shape index (κ3) is 3.75. The van der Waals surface area contributed by atoms with E-state index in [1.807, 2.05) is 19.2 Å². The summed E-state index contributed by atoms with van der Waals surface area (Å²) >= 11 is 0. The summed E-state index contributed by atoms with van der Waals surface area (Å²) in [5.74, 6) is 1.65. The molecule has 2 aromatic rings. The topological polar surface area (TPSA) is 25.2 Å². The van der Waals surface area contributed by atoms with Gasteiger partial charge in [0.1, 0.15) is 5.76 Å². The van der Waals surface area contributed by atoms with Gasteiger partial charge in [0.05, 0.1) is 6.26 Å². The van der Waals surface area contributed by atoms with Crippen LogP contribution in [-0.4, -0.2) is 13.6 Å². The SMILES string of the molecule is CNCC(Cc1ccccc1)Cc1ccco1. The van der Waals surface area contributed by atoms with E-state index in [1.54, 1.807) is 6.26 Å². The standard InChI is InChI=1S/C15H19NO/c1-16-12-14(11-15-8-5-9-17-15)10-13-6-3-2-4-7-13/h2-9,14,16H,10-12H2,1H3. The minimum Gasteiger partial charge on any atom is -0.469 e. The smallest absolute Gasteiger partial charge is 0.104 e. The maximum Gasteiger partial charge on any atom is 0.104 e. The van der Waals surface area contributed by atoms with Gasteiger partial charge in [-0.25, -0.2) is 0 Å². The van der Waals surface area contributed by atoms with Crippen LogP contribution in [0.25, 0.3) is 0 Å². The molecule has 0 aliphatic carbocycles. The van der Waals surface area contributed by atoms with Gasteiger partial charge in [0.25, 0.3) is 0 Å². The summed E-state index contributed by atoms with van der Waals surface area (Å²) < 4.78 is 5.42. The zero-order valence-electron chi connectivity index (χ0n) is 10.2. The van der Waals surface area contributed by atoms with E-state index in [4.69, 9.17) is 4.42 Å². The van der Waals surface area contributed by atoms with E-state index in [1.165, 1.54) is 5.56 Å². The molecule has 0 aliphatic rings. The normalized spacial score (nSPS) is 12.5. The molecule has 0 aliphatic heterocycles. The molecule has 17 heavy (non-hydrogen) atoms. The van der Waals surface area contributed by atoms with E-state index in [-0.39, 0.29) is 0 Å². The van der Waals surface area contributed by atoms with Gasteiger partial charge in [0.2, 0.25) is 0 Å². The van der Waals surface area contributed by atoms with Crippen LogP contribution in [0.2, 0.25) is 0 Å². The Bertz CT molecular complexity index is 408.